The molecule has 0 aliphatic rings. The third-order valence-corrected chi connectivity index (χ3v) is 6.57. The monoisotopic (exact) mass is 559 g/mol. The van der Waals surface area contributed by atoms with E-state index in [1.165, 1.54) is 23.9 Å². The number of benzene rings is 4. The van der Waals surface area contributed by atoms with Crippen molar-refractivity contribution in [1.82, 2.24) is 5.32 Å². The first-order valence-electron chi connectivity index (χ1n) is 11.8. The fourth-order valence-corrected chi connectivity index (χ4v) is 4.33. The minimum Gasteiger partial charge on any atom is -0.323 e. The molecule has 4 aromatic rings. The van der Waals surface area contributed by atoms with E-state index in [2.05, 4.69) is 16.0 Å². The molecule has 0 radical (unpaired) electrons. The van der Waals surface area contributed by atoms with Crippen molar-refractivity contribution in [3.8, 4) is 0 Å². The van der Waals surface area contributed by atoms with Crippen molar-refractivity contribution in [3.05, 3.63) is 131 Å². The summed E-state index contributed by atoms with van der Waals surface area (Å²) < 4.78 is 13.7. The molecule has 0 bridgehead atoms. The molecule has 0 fully saturated rings. The van der Waals surface area contributed by atoms with Crippen LogP contribution in [0.2, 0.25) is 5.02 Å². The highest BCUT2D eigenvalue weighted by Crippen LogP contribution is 2.22. The fraction of sp³-hybridized carbons (Fsp3) is 0.0333. The zero-order valence-electron chi connectivity index (χ0n) is 20.5. The van der Waals surface area contributed by atoms with Gasteiger partial charge in [-0.2, -0.15) is 0 Å². The normalized spacial score (nSPS) is 11.0. The molecule has 39 heavy (non-hydrogen) atoms. The molecule has 3 N–H and O–H groups in total. The van der Waals surface area contributed by atoms with Crippen molar-refractivity contribution in [2.24, 2.45) is 0 Å². The maximum absolute atomic E-state index is 13.7. The van der Waals surface area contributed by atoms with Gasteiger partial charge in [-0.15, -0.1) is 11.8 Å². The minimum atomic E-state index is -0.524. The van der Waals surface area contributed by atoms with Crippen molar-refractivity contribution in [3.63, 3.8) is 0 Å². The molecule has 4 aromatic carbocycles. The van der Waals surface area contributed by atoms with E-state index < -0.39 is 17.6 Å². The number of amides is 3. The lowest BCUT2D eigenvalue weighted by molar-refractivity contribution is -0.114. The van der Waals surface area contributed by atoms with Gasteiger partial charge in [0.2, 0.25) is 5.91 Å². The van der Waals surface area contributed by atoms with E-state index in [1.54, 1.807) is 97.1 Å². The largest absolute Gasteiger partial charge is 0.323 e. The Labute approximate surface area is 234 Å². The first-order valence-corrected chi connectivity index (χ1v) is 13.2. The van der Waals surface area contributed by atoms with E-state index in [9.17, 15) is 18.8 Å². The molecular formula is C30H23ClFN3O3S. The molecule has 196 valence electrons. The second-order valence-corrected chi connectivity index (χ2v) is 9.71. The summed E-state index contributed by atoms with van der Waals surface area (Å²) in [5, 5.41) is 8.49. The van der Waals surface area contributed by atoms with Gasteiger partial charge in [-0.1, -0.05) is 54.1 Å². The Morgan fingerprint density at radius 2 is 1.54 bits per heavy atom. The number of hydrogen-bond donors (Lipinski definition) is 3. The van der Waals surface area contributed by atoms with Crippen LogP contribution < -0.4 is 16.0 Å². The van der Waals surface area contributed by atoms with Crippen LogP contribution in [0.3, 0.4) is 0 Å². The van der Waals surface area contributed by atoms with Gasteiger partial charge >= 0.3 is 0 Å². The average molecular weight is 560 g/mol. The lowest BCUT2D eigenvalue weighted by Gasteiger charge is -2.12. The number of para-hydroxylation sites is 1. The lowest BCUT2D eigenvalue weighted by atomic mass is 10.1. The Hall–Kier alpha value is -4.40. The summed E-state index contributed by atoms with van der Waals surface area (Å²) in [6, 6.07) is 28.3. The average Bonchev–Trinajstić information content (AvgIpc) is 2.94. The van der Waals surface area contributed by atoms with Gasteiger partial charge in [0.25, 0.3) is 11.8 Å². The molecule has 0 aromatic heterocycles. The summed E-state index contributed by atoms with van der Waals surface area (Å²) in [4.78, 5) is 38.9. The minimum absolute atomic E-state index is 0.0365. The molecule has 6 nitrogen and oxygen atoms in total. The zero-order chi connectivity index (χ0) is 27.6. The van der Waals surface area contributed by atoms with Crippen molar-refractivity contribution in [2.75, 3.05) is 16.4 Å². The number of hydrogen-bond acceptors (Lipinski definition) is 4. The molecule has 0 unspecified atom stereocenters. The highest BCUT2D eigenvalue weighted by molar-refractivity contribution is 8.00. The van der Waals surface area contributed by atoms with Crippen LogP contribution in [0.25, 0.3) is 6.08 Å². The maximum Gasteiger partial charge on any atom is 0.272 e. The quantitative estimate of drug-likeness (QED) is 0.159. The maximum atomic E-state index is 13.7. The van der Waals surface area contributed by atoms with Gasteiger partial charge in [0.15, 0.2) is 0 Å². The van der Waals surface area contributed by atoms with Crippen molar-refractivity contribution in [1.29, 1.82) is 0 Å². The van der Waals surface area contributed by atoms with E-state index in [1.807, 2.05) is 0 Å². The van der Waals surface area contributed by atoms with E-state index >= 15 is 0 Å². The van der Waals surface area contributed by atoms with Crippen molar-refractivity contribution >= 4 is 58.5 Å². The number of rotatable bonds is 9. The zero-order valence-corrected chi connectivity index (χ0v) is 22.1. The highest BCUT2D eigenvalue weighted by Gasteiger charge is 2.15. The molecule has 0 saturated carbocycles. The van der Waals surface area contributed by atoms with Crippen LogP contribution in [-0.2, 0) is 9.59 Å². The van der Waals surface area contributed by atoms with Crippen LogP contribution in [0.4, 0.5) is 15.8 Å². The number of carbonyl (C=O) groups is 3. The molecule has 0 heterocycles. The van der Waals surface area contributed by atoms with Gasteiger partial charge in [-0.25, -0.2) is 4.39 Å². The van der Waals surface area contributed by atoms with Gasteiger partial charge in [-0.3, -0.25) is 14.4 Å². The van der Waals surface area contributed by atoms with Gasteiger partial charge < -0.3 is 16.0 Å². The number of thioether (sulfide) groups is 1. The summed E-state index contributed by atoms with van der Waals surface area (Å²) in [6.07, 6.45) is 1.54. The molecule has 0 saturated heterocycles. The van der Waals surface area contributed by atoms with Gasteiger partial charge in [0.05, 0.1) is 11.4 Å². The van der Waals surface area contributed by atoms with Crippen LogP contribution in [0, 0.1) is 5.82 Å². The second-order valence-electron chi connectivity index (χ2n) is 8.23. The SMILES string of the molecule is O=C(CSc1ccc(NC(=O)/C(=C/c2cccc(Cl)c2)NC(=O)c2ccccc2)cc1)Nc1ccccc1F. The molecule has 0 aliphatic carbocycles. The van der Waals surface area contributed by atoms with Gasteiger partial charge in [0, 0.05) is 21.2 Å². The Bertz CT molecular complexity index is 1510. The Kier molecular flexibility index (Phi) is 9.50. The Morgan fingerprint density at radius 1 is 0.821 bits per heavy atom. The van der Waals surface area contributed by atoms with Crippen molar-refractivity contribution < 1.29 is 18.8 Å². The summed E-state index contributed by atoms with van der Waals surface area (Å²) >= 11 is 7.35. The van der Waals surface area contributed by atoms with Crippen LogP contribution in [0.5, 0.6) is 0 Å². The fourth-order valence-electron chi connectivity index (χ4n) is 3.44. The predicted molar refractivity (Wildman–Crippen MR) is 154 cm³/mol. The summed E-state index contributed by atoms with van der Waals surface area (Å²) in [6.45, 7) is 0. The van der Waals surface area contributed by atoms with Crippen LogP contribution >= 0.6 is 23.4 Å². The van der Waals surface area contributed by atoms with Gasteiger partial charge in [-0.05, 0) is 72.3 Å². The second kappa shape index (κ2) is 13.4. The Morgan fingerprint density at radius 3 is 2.26 bits per heavy atom. The molecular weight excluding hydrogens is 537 g/mol. The first kappa shape index (κ1) is 27.6. The topological polar surface area (TPSA) is 87.3 Å². The standard InChI is InChI=1S/C30H23ClFN3O3S/c31-22-10-6-7-20(17-22)18-27(35-29(37)21-8-2-1-3-9-21)30(38)33-23-13-15-24(16-14-23)39-19-28(36)34-26-12-5-4-11-25(26)32/h1-18H,19H2,(H,33,38)(H,34,36)(H,35,37)/b27-18-. The summed E-state index contributed by atoms with van der Waals surface area (Å²) in [5.74, 6) is -1.71. The summed E-state index contributed by atoms with van der Waals surface area (Å²) in [7, 11) is 0. The third kappa shape index (κ3) is 8.29. The van der Waals surface area contributed by atoms with Gasteiger partial charge in [0.1, 0.15) is 11.5 Å². The number of anilines is 2. The van der Waals surface area contributed by atoms with Crippen LogP contribution in [0.1, 0.15) is 15.9 Å². The number of halogens is 2. The van der Waals surface area contributed by atoms with E-state index in [-0.39, 0.29) is 23.0 Å². The molecule has 4 rings (SSSR count). The van der Waals surface area contributed by atoms with Crippen molar-refractivity contribution in [2.45, 2.75) is 4.90 Å². The molecule has 0 spiro atoms. The molecule has 3 amide bonds. The molecule has 0 aliphatic heterocycles. The Balaban J connectivity index is 1.41. The molecule has 9 heteroatoms. The van der Waals surface area contributed by atoms with Crippen LogP contribution in [0.15, 0.2) is 114 Å². The van der Waals surface area contributed by atoms with Crippen LogP contribution in [-0.4, -0.2) is 23.5 Å². The molecule has 0 atom stereocenters. The predicted octanol–water partition coefficient (Wildman–Crippen LogP) is 6.62. The van der Waals surface area contributed by atoms with E-state index in [0.717, 1.165) is 4.90 Å². The summed E-state index contributed by atoms with van der Waals surface area (Å²) in [5.41, 5.74) is 1.70. The third-order valence-electron chi connectivity index (χ3n) is 5.32. The smallest absolute Gasteiger partial charge is 0.272 e. The highest BCUT2D eigenvalue weighted by atomic mass is 35.5. The van der Waals surface area contributed by atoms with E-state index in [0.29, 0.717) is 21.8 Å². The van der Waals surface area contributed by atoms with E-state index in [4.69, 9.17) is 11.6 Å². The first-order chi connectivity index (χ1) is 18.9. The lowest BCUT2D eigenvalue weighted by Crippen LogP contribution is -2.30. The number of nitrogens with one attached hydrogen (secondary N) is 3. The number of carbonyl (C=O) groups excluding carboxylic acids is 3.